The van der Waals surface area contributed by atoms with E-state index in [2.05, 4.69) is 42.0 Å². The Morgan fingerprint density at radius 2 is 1.67 bits per heavy atom. The Hall–Kier alpha value is -0.130. The molecular weight excluding hydrogens is 302 g/mol. The Morgan fingerprint density at radius 3 is 2.24 bits per heavy atom. The highest BCUT2D eigenvalue weighted by Crippen LogP contribution is 2.20. The Kier molecular flexibility index (Phi) is 10.3. The van der Waals surface area contributed by atoms with Crippen LogP contribution >= 0.6 is 22.9 Å². The quantitative estimate of drug-likeness (QED) is 0.591. The highest BCUT2D eigenvalue weighted by molar-refractivity contribution is 7.16. The van der Waals surface area contributed by atoms with Gasteiger partial charge in [-0.1, -0.05) is 32.4 Å². The number of hydrogen-bond acceptors (Lipinski definition) is 4. The second kappa shape index (κ2) is 11.4. The van der Waals surface area contributed by atoms with Gasteiger partial charge in [-0.05, 0) is 51.3 Å². The van der Waals surface area contributed by atoms with Gasteiger partial charge in [-0.2, -0.15) is 0 Å². The van der Waals surface area contributed by atoms with Crippen LogP contribution < -0.4 is 5.32 Å². The van der Waals surface area contributed by atoms with Gasteiger partial charge in [0.2, 0.25) is 0 Å². The summed E-state index contributed by atoms with van der Waals surface area (Å²) in [7, 11) is 0. The molecule has 21 heavy (non-hydrogen) atoms. The summed E-state index contributed by atoms with van der Waals surface area (Å²) in [6.45, 7) is 15.7. The fraction of sp³-hybridized carbons (Fsp3) is 0.750. The first-order valence-corrected chi connectivity index (χ1v) is 9.28. The monoisotopic (exact) mass is 331 g/mol. The van der Waals surface area contributed by atoms with E-state index in [0.717, 1.165) is 43.6 Å². The van der Waals surface area contributed by atoms with Crippen LogP contribution in [-0.4, -0.2) is 55.6 Å². The van der Waals surface area contributed by atoms with Crippen LogP contribution in [0.4, 0.5) is 0 Å². The van der Waals surface area contributed by atoms with Crippen molar-refractivity contribution in [2.45, 2.75) is 33.7 Å². The minimum atomic E-state index is 0.874. The molecular formula is C16H30ClN3S. The lowest BCUT2D eigenvalue weighted by Gasteiger charge is -2.23. The lowest BCUT2D eigenvalue weighted by atomic mass is 10.3. The average molecular weight is 332 g/mol. The Bertz CT molecular complexity index is 366. The summed E-state index contributed by atoms with van der Waals surface area (Å²) in [5.41, 5.74) is 0. The summed E-state index contributed by atoms with van der Waals surface area (Å²) < 4.78 is 0.874. The molecule has 5 heteroatoms. The molecule has 0 saturated heterocycles. The molecule has 0 aliphatic heterocycles. The van der Waals surface area contributed by atoms with Crippen LogP contribution in [-0.2, 0) is 6.54 Å². The molecule has 122 valence electrons. The lowest BCUT2D eigenvalue weighted by Crippen LogP contribution is -2.34. The number of rotatable bonds is 12. The van der Waals surface area contributed by atoms with Gasteiger partial charge in [-0.25, -0.2) is 0 Å². The third kappa shape index (κ3) is 8.17. The lowest BCUT2D eigenvalue weighted by molar-refractivity contribution is 0.243. The van der Waals surface area contributed by atoms with Crippen LogP contribution in [0.3, 0.4) is 0 Å². The van der Waals surface area contributed by atoms with Crippen LogP contribution in [0.15, 0.2) is 12.1 Å². The molecule has 1 aromatic heterocycles. The zero-order valence-electron chi connectivity index (χ0n) is 13.7. The topological polar surface area (TPSA) is 18.5 Å². The SMILES string of the molecule is CCN(CC)CCCN(CC)CCNCc1ccc(Cl)s1. The van der Waals surface area contributed by atoms with Crippen molar-refractivity contribution >= 4 is 22.9 Å². The number of nitrogens with zero attached hydrogens (tertiary/aromatic N) is 2. The Morgan fingerprint density at radius 1 is 1.00 bits per heavy atom. The Labute approximate surface area is 139 Å². The largest absolute Gasteiger partial charge is 0.311 e. The molecule has 0 saturated carbocycles. The van der Waals surface area contributed by atoms with Gasteiger partial charge in [0.15, 0.2) is 0 Å². The predicted molar refractivity (Wildman–Crippen MR) is 95.6 cm³/mol. The first-order chi connectivity index (χ1) is 10.2. The Balaban J connectivity index is 2.10. The van der Waals surface area contributed by atoms with E-state index >= 15 is 0 Å². The van der Waals surface area contributed by atoms with E-state index in [-0.39, 0.29) is 0 Å². The van der Waals surface area contributed by atoms with Crippen LogP contribution in [0.25, 0.3) is 0 Å². The molecule has 0 unspecified atom stereocenters. The summed E-state index contributed by atoms with van der Waals surface area (Å²) in [5, 5.41) is 3.50. The second-order valence-corrected chi connectivity index (χ2v) is 7.00. The van der Waals surface area contributed by atoms with Gasteiger partial charge in [-0.3, -0.25) is 0 Å². The first-order valence-electron chi connectivity index (χ1n) is 8.09. The molecule has 0 aliphatic carbocycles. The molecule has 0 fully saturated rings. The van der Waals surface area contributed by atoms with Gasteiger partial charge in [0.1, 0.15) is 0 Å². The summed E-state index contributed by atoms with van der Waals surface area (Å²) in [5.74, 6) is 0. The molecule has 1 aromatic rings. The molecule has 0 bridgehead atoms. The fourth-order valence-corrected chi connectivity index (χ4v) is 3.44. The van der Waals surface area contributed by atoms with Gasteiger partial charge in [0.25, 0.3) is 0 Å². The highest BCUT2D eigenvalue weighted by Gasteiger charge is 2.04. The molecule has 0 spiro atoms. The third-order valence-corrected chi connectivity index (χ3v) is 5.05. The summed E-state index contributed by atoms with van der Waals surface area (Å²) in [4.78, 5) is 6.33. The molecule has 0 aliphatic rings. The van der Waals surface area contributed by atoms with E-state index < -0.39 is 0 Å². The van der Waals surface area contributed by atoms with Crippen molar-refractivity contribution in [3.05, 3.63) is 21.3 Å². The van der Waals surface area contributed by atoms with Gasteiger partial charge in [0.05, 0.1) is 4.34 Å². The highest BCUT2D eigenvalue weighted by atomic mass is 35.5. The molecule has 1 rings (SSSR count). The van der Waals surface area contributed by atoms with Crippen molar-refractivity contribution in [2.75, 3.05) is 45.8 Å². The molecule has 0 radical (unpaired) electrons. The van der Waals surface area contributed by atoms with Crippen LogP contribution in [0, 0.1) is 0 Å². The van der Waals surface area contributed by atoms with Crippen molar-refractivity contribution in [3.63, 3.8) is 0 Å². The van der Waals surface area contributed by atoms with E-state index in [1.165, 1.54) is 24.4 Å². The summed E-state index contributed by atoms with van der Waals surface area (Å²) in [6, 6.07) is 4.07. The maximum absolute atomic E-state index is 5.93. The zero-order chi connectivity index (χ0) is 15.5. The number of thiophene rings is 1. The van der Waals surface area contributed by atoms with Gasteiger partial charge >= 0.3 is 0 Å². The van der Waals surface area contributed by atoms with Crippen LogP contribution in [0.2, 0.25) is 4.34 Å². The number of likely N-dealkylation sites (N-methyl/N-ethyl adjacent to an activating group) is 1. The smallest absolute Gasteiger partial charge is 0.0931 e. The van der Waals surface area contributed by atoms with E-state index in [4.69, 9.17) is 11.6 Å². The van der Waals surface area contributed by atoms with Crippen molar-refractivity contribution in [2.24, 2.45) is 0 Å². The number of halogens is 1. The number of nitrogens with one attached hydrogen (secondary N) is 1. The molecule has 1 N–H and O–H groups in total. The second-order valence-electron chi connectivity index (χ2n) is 5.20. The van der Waals surface area contributed by atoms with Gasteiger partial charge < -0.3 is 15.1 Å². The maximum Gasteiger partial charge on any atom is 0.0931 e. The van der Waals surface area contributed by atoms with Crippen LogP contribution in [0.5, 0.6) is 0 Å². The molecule has 0 atom stereocenters. The van der Waals surface area contributed by atoms with E-state index in [1.54, 1.807) is 11.3 Å². The minimum absolute atomic E-state index is 0.874. The normalized spacial score (nSPS) is 11.7. The van der Waals surface area contributed by atoms with Crippen molar-refractivity contribution in [3.8, 4) is 0 Å². The summed E-state index contributed by atoms with van der Waals surface area (Å²) >= 11 is 7.59. The predicted octanol–water partition coefficient (Wildman–Crippen LogP) is 3.54. The van der Waals surface area contributed by atoms with Gasteiger partial charge in [0, 0.05) is 24.5 Å². The molecule has 0 aromatic carbocycles. The number of hydrogen-bond donors (Lipinski definition) is 1. The van der Waals surface area contributed by atoms with Gasteiger partial charge in [-0.15, -0.1) is 11.3 Å². The van der Waals surface area contributed by atoms with Crippen LogP contribution in [0.1, 0.15) is 32.1 Å². The van der Waals surface area contributed by atoms with E-state index in [1.807, 2.05) is 6.07 Å². The first kappa shape index (κ1) is 18.9. The molecule has 1 heterocycles. The van der Waals surface area contributed by atoms with Crippen molar-refractivity contribution in [1.29, 1.82) is 0 Å². The molecule has 3 nitrogen and oxygen atoms in total. The summed E-state index contributed by atoms with van der Waals surface area (Å²) in [6.07, 6.45) is 1.26. The van der Waals surface area contributed by atoms with Crippen molar-refractivity contribution in [1.82, 2.24) is 15.1 Å². The third-order valence-electron chi connectivity index (χ3n) is 3.82. The standard InChI is InChI=1S/C16H30ClN3S/c1-4-19(5-2)11-7-12-20(6-3)13-10-18-14-15-8-9-16(17)21-15/h8-9,18H,4-7,10-14H2,1-3H3. The maximum atomic E-state index is 5.93. The zero-order valence-corrected chi connectivity index (χ0v) is 15.3. The van der Waals surface area contributed by atoms with Crippen molar-refractivity contribution < 1.29 is 0 Å². The van der Waals surface area contributed by atoms with E-state index in [0.29, 0.717) is 0 Å². The average Bonchev–Trinajstić information content (AvgIpc) is 2.91. The molecule has 0 amide bonds. The fourth-order valence-electron chi connectivity index (χ4n) is 2.38. The van der Waals surface area contributed by atoms with E-state index in [9.17, 15) is 0 Å². The minimum Gasteiger partial charge on any atom is -0.311 e.